The molecule has 2 rings (SSSR count). The first-order chi connectivity index (χ1) is 9.28. The average molecular weight is 255 g/mol. The molecule has 0 aliphatic rings. The van der Waals surface area contributed by atoms with Crippen LogP contribution in [-0.4, -0.2) is 24.2 Å². The maximum absolute atomic E-state index is 9.37. The van der Waals surface area contributed by atoms with E-state index in [9.17, 15) is 5.26 Å². The Labute approximate surface area is 111 Å². The van der Waals surface area contributed by atoms with E-state index >= 15 is 0 Å². The summed E-state index contributed by atoms with van der Waals surface area (Å²) in [4.78, 5) is 7.98. The molecule has 0 amide bonds. The molecule has 0 N–H and O–H groups in total. The van der Waals surface area contributed by atoms with E-state index in [0.717, 1.165) is 5.56 Å². The number of hydrogen-bond donors (Lipinski definition) is 0. The van der Waals surface area contributed by atoms with E-state index in [1.165, 1.54) is 6.33 Å². The molecule has 0 radical (unpaired) electrons. The fourth-order valence-electron chi connectivity index (χ4n) is 1.78. The Morgan fingerprint density at radius 1 is 1.16 bits per heavy atom. The summed E-state index contributed by atoms with van der Waals surface area (Å²) in [7, 11) is 3.15. The predicted octanol–water partition coefficient (Wildman–Crippen LogP) is 2.15. The van der Waals surface area contributed by atoms with Crippen LogP contribution in [0.4, 0.5) is 0 Å². The first kappa shape index (κ1) is 12.8. The van der Waals surface area contributed by atoms with Crippen LogP contribution in [0, 0.1) is 11.3 Å². The molecule has 0 bridgehead atoms. The quantitative estimate of drug-likeness (QED) is 0.837. The van der Waals surface area contributed by atoms with Gasteiger partial charge in [0.05, 0.1) is 26.0 Å². The number of benzene rings is 1. The van der Waals surface area contributed by atoms with Crippen LogP contribution < -0.4 is 9.47 Å². The summed E-state index contributed by atoms with van der Waals surface area (Å²) in [6, 6.07) is 9.33. The van der Waals surface area contributed by atoms with E-state index in [0.29, 0.717) is 17.2 Å². The summed E-state index contributed by atoms with van der Waals surface area (Å²) in [6.07, 6.45) is 3.04. The van der Waals surface area contributed by atoms with E-state index in [-0.39, 0.29) is 0 Å². The molecular formula is C14H13N3O2. The zero-order chi connectivity index (χ0) is 13.7. The topological polar surface area (TPSA) is 68.0 Å². The van der Waals surface area contributed by atoms with Crippen molar-refractivity contribution in [1.82, 2.24) is 9.97 Å². The molecule has 0 aliphatic carbocycles. The van der Waals surface area contributed by atoms with Gasteiger partial charge in [0.2, 0.25) is 0 Å². The highest BCUT2D eigenvalue weighted by Crippen LogP contribution is 2.30. The maximum atomic E-state index is 9.37. The van der Waals surface area contributed by atoms with Crippen LogP contribution in [0.3, 0.4) is 0 Å². The standard InChI is InChI=1S/C14H13N3O2/c1-18-11-5-10(6-12(7-11)19-2)13(8-15)14-3-4-16-9-17-14/h3-7,9,13H,1-2H3. The lowest BCUT2D eigenvalue weighted by molar-refractivity contribution is 0.393. The number of ether oxygens (including phenoxy) is 2. The van der Waals surface area contributed by atoms with Gasteiger partial charge in [-0.15, -0.1) is 0 Å². The second-order valence-electron chi connectivity index (χ2n) is 3.84. The first-order valence-corrected chi connectivity index (χ1v) is 5.67. The van der Waals surface area contributed by atoms with Gasteiger partial charge in [-0.2, -0.15) is 5.26 Å². The average Bonchev–Trinajstić information content (AvgIpc) is 2.48. The van der Waals surface area contributed by atoms with Gasteiger partial charge >= 0.3 is 0 Å². The summed E-state index contributed by atoms with van der Waals surface area (Å²) >= 11 is 0. The molecule has 1 unspecified atom stereocenters. The molecule has 0 fully saturated rings. The SMILES string of the molecule is COc1cc(OC)cc(C(C#N)c2ccncn2)c1. The molecule has 1 aromatic carbocycles. The molecule has 0 saturated heterocycles. The fraction of sp³-hybridized carbons (Fsp3) is 0.214. The Bertz CT molecular complexity index is 571. The minimum atomic E-state index is -0.480. The molecule has 1 atom stereocenters. The summed E-state index contributed by atoms with van der Waals surface area (Å²) in [6.45, 7) is 0. The van der Waals surface area contributed by atoms with Crippen molar-refractivity contribution in [3.63, 3.8) is 0 Å². The number of nitriles is 1. The number of methoxy groups -OCH3 is 2. The van der Waals surface area contributed by atoms with Crippen molar-refractivity contribution >= 4 is 0 Å². The van der Waals surface area contributed by atoms with Crippen LogP contribution >= 0.6 is 0 Å². The van der Waals surface area contributed by atoms with Gasteiger partial charge in [0, 0.05) is 12.3 Å². The Kier molecular flexibility index (Phi) is 3.94. The minimum absolute atomic E-state index is 0.480. The van der Waals surface area contributed by atoms with Crippen LogP contribution in [0.25, 0.3) is 0 Å². The number of hydrogen-bond acceptors (Lipinski definition) is 5. The fourth-order valence-corrected chi connectivity index (χ4v) is 1.78. The van der Waals surface area contributed by atoms with Crippen LogP contribution in [0.15, 0.2) is 36.8 Å². The van der Waals surface area contributed by atoms with Crippen LogP contribution in [-0.2, 0) is 0 Å². The molecule has 1 aromatic heterocycles. The van der Waals surface area contributed by atoms with Gasteiger partial charge in [-0.25, -0.2) is 9.97 Å². The highest BCUT2D eigenvalue weighted by molar-refractivity contribution is 5.44. The molecule has 0 saturated carbocycles. The Morgan fingerprint density at radius 2 is 1.84 bits per heavy atom. The molecule has 19 heavy (non-hydrogen) atoms. The molecule has 2 aromatic rings. The molecule has 0 spiro atoms. The van der Waals surface area contributed by atoms with E-state index < -0.39 is 5.92 Å². The zero-order valence-corrected chi connectivity index (χ0v) is 10.7. The number of nitrogens with zero attached hydrogens (tertiary/aromatic N) is 3. The smallest absolute Gasteiger partial charge is 0.122 e. The molecule has 5 heteroatoms. The first-order valence-electron chi connectivity index (χ1n) is 5.67. The van der Waals surface area contributed by atoms with Crippen molar-refractivity contribution in [2.45, 2.75) is 5.92 Å². The third kappa shape index (κ3) is 2.80. The number of rotatable bonds is 4. The van der Waals surface area contributed by atoms with Crippen molar-refractivity contribution in [2.24, 2.45) is 0 Å². The van der Waals surface area contributed by atoms with Gasteiger partial charge in [-0.1, -0.05) is 0 Å². The highest BCUT2D eigenvalue weighted by Gasteiger charge is 2.16. The molecule has 1 heterocycles. The van der Waals surface area contributed by atoms with Crippen molar-refractivity contribution in [2.75, 3.05) is 14.2 Å². The number of aromatic nitrogens is 2. The summed E-state index contributed by atoms with van der Waals surface area (Å²) in [5.41, 5.74) is 1.42. The van der Waals surface area contributed by atoms with E-state index in [1.807, 2.05) is 0 Å². The van der Waals surface area contributed by atoms with Crippen molar-refractivity contribution in [3.8, 4) is 17.6 Å². The van der Waals surface area contributed by atoms with Crippen LogP contribution in [0.2, 0.25) is 0 Å². The van der Waals surface area contributed by atoms with E-state index in [4.69, 9.17) is 9.47 Å². The van der Waals surface area contributed by atoms with Crippen LogP contribution in [0.5, 0.6) is 11.5 Å². The largest absolute Gasteiger partial charge is 0.497 e. The van der Waals surface area contributed by atoms with Crippen molar-refractivity contribution in [3.05, 3.63) is 48.0 Å². The molecular weight excluding hydrogens is 242 g/mol. The molecule has 0 aliphatic heterocycles. The van der Waals surface area contributed by atoms with Crippen LogP contribution in [0.1, 0.15) is 17.2 Å². The highest BCUT2D eigenvalue weighted by atomic mass is 16.5. The van der Waals surface area contributed by atoms with Gasteiger partial charge in [-0.3, -0.25) is 0 Å². The van der Waals surface area contributed by atoms with Gasteiger partial charge in [-0.05, 0) is 23.8 Å². The summed E-state index contributed by atoms with van der Waals surface area (Å²) in [5.74, 6) is 0.805. The molecule has 5 nitrogen and oxygen atoms in total. The lowest BCUT2D eigenvalue weighted by Crippen LogP contribution is -2.02. The third-order valence-corrected chi connectivity index (χ3v) is 2.74. The maximum Gasteiger partial charge on any atom is 0.122 e. The Morgan fingerprint density at radius 3 is 2.32 bits per heavy atom. The Hall–Kier alpha value is -2.61. The van der Waals surface area contributed by atoms with Gasteiger partial charge in [0.1, 0.15) is 23.7 Å². The minimum Gasteiger partial charge on any atom is -0.497 e. The lowest BCUT2D eigenvalue weighted by Gasteiger charge is -2.12. The molecule has 96 valence electrons. The van der Waals surface area contributed by atoms with Gasteiger partial charge < -0.3 is 9.47 Å². The van der Waals surface area contributed by atoms with E-state index in [1.54, 1.807) is 44.7 Å². The van der Waals surface area contributed by atoms with Gasteiger partial charge in [0.15, 0.2) is 0 Å². The van der Waals surface area contributed by atoms with E-state index in [2.05, 4.69) is 16.0 Å². The zero-order valence-electron chi connectivity index (χ0n) is 10.7. The lowest BCUT2D eigenvalue weighted by atomic mass is 9.96. The Balaban J connectivity index is 2.47. The van der Waals surface area contributed by atoms with Gasteiger partial charge in [0.25, 0.3) is 0 Å². The summed E-state index contributed by atoms with van der Waals surface area (Å²) < 4.78 is 10.4. The monoisotopic (exact) mass is 255 g/mol. The third-order valence-electron chi connectivity index (χ3n) is 2.74. The second kappa shape index (κ2) is 5.83. The van der Waals surface area contributed by atoms with Crippen molar-refractivity contribution < 1.29 is 9.47 Å². The van der Waals surface area contributed by atoms with Crippen molar-refractivity contribution in [1.29, 1.82) is 5.26 Å². The second-order valence-corrected chi connectivity index (χ2v) is 3.84. The normalized spacial score (nSPS) is 11.4. The summed E-state index contributed by atoms with van der Waals surface area (Å²) in [5, 5.41) is 9.37. The predicted molar refractivity (Wildman–Crippen MR) is 69.0 cm³/mol.